The van der Waals surface area contributed by atoms with Crippen LogP contribution in [0.15, 0.2) is 47.5 Å². The molecule has 1 aliphatic rings. The molecule has 0 saturated heterocycles. The second kappa shape index (κ2) is 7.39. The largest absolute Gasteiger partial charge is 0.326 e. The number of aryl methyl sites for hydroxylation is 3. The number of nitrogens with one attached hydrogen (secondary N) is 3. The van der Waals surface area contributed by atoms with Gasteiger partial charge in [0.05, 0.1) is 6.42 Å². The Balaban J connectivity index is 1.73. The molecule has 0 fully saturated rings. The lowest BCUT2D eigenvalue weighted by Crippen LogP contribution is -2.45. The van der Waals surface area contributed by atoms with E-state index in [0.29, 0.717) is 5.69 Å². The Bertz CT molecular complexity index is 872. The van der Waals surface area contributed by atoms with Crippen LogP contribution in [0.3, 0.4) is 0 Å². The van der Waals surface area contributed by atoms with Crippen molar-refractivity contribution < 1.29 is 9.59 Å². The number of rotatable bonds is 3. The van der Waals surface area contributed by atoms with Gasteiger partial charge in [-0.3, -0.25) is 14.9 Å². The Morgan fingerprint density at radius 3 is 2.42 bits per heavy atom. The first-order valence-corrected chi connectivity index (χ1v) is 8.50. The Hall–Kier alpha value is -3.15. The van der Waals surface area contributed by atoms with Gasteiger partial charge in [0.1, 0.15) is 6.04 Å². The van der Waals surface area contributed by atoms with E-state index in [1.807, 2.05) is 63.2 Å². The van der Waals surface area contributed by atoms with Crippen molar-refractivity contribution in [3.05, 3.63) is 59.2 Å². The van der Waals surface area contributed by atoms with Crippen LogP contribution in [-0.2, 0) is 9.59 Å². The average Bonchev–Trinajstić information content (AvgIpc) is 2.60. The highest BCUT2D eigenvalue weighted by Crippen LogP contribution is 2.16. The van der Waals surface area contributed by atoms with E-state index < -0.39 is 6.04 Å². The number of anilines is 2. The van der Waals surface area contributed by atoms with Gasteiger partial charge in [-0.1, -0.05) is 23.8 Å². The lowest BCUT2D eigenvalue weighted by Gasteiger charge is -2.21. The number of carbonyl (C=O) groups is 2. The van der Waals surface area contributed by atoms with Gasteiger partial charge in [0, 0.05) is 11.4 Å². The second-order valence-electron chi connectivity index (χ2n) is 6.53. The molecule has 134 valence electrons. The maximum Gasteiger partial charge on any atom is 0.249 e. The highest BCUT2D eigenvalue weighted by Gasteiger charge is 2.27. The lowest BCUT2D eigenvalue weighted by atomic mass is 10.1. The number of hydrogen-bond acceptors (Lipinski definition) is 4. The molecule has 0 bridgehead atoms. The van der Waals surface area contributed by atoms with E-state index in [4.69, 9.17) is 0 Å². The molecule has 2 aromatic rings. The van der Waals surface area contributed by atoms with Crippen LogP contribution in [-0.4, -0.2) is 23.8 Å². The maximum absolute atomic E-state index is 12.5. The van der Waals surface area contributed by atoms with Crippen molar-refractivity contribution in [2.75, 3.05) is 10.6 Å². The zero-order valence-electron chi connectivity index (χ0n) is 15.1. The minimum absolute atomic E-state index is 0.0236. The molecule has 0 saturated carbocycles. The summed E-state index contributed by atoms with van der Waals surface area (Å²) < 4.78 is 0. The summed E-state index contributed by atoms with van der Waals surface area (Å²) in [6.07, 6.45) is 0.0236. The first kappa shape index (κ1) is 17.7. The number of amides is 2. The van der Waals surface area contributed by atoms with E-state index >= 15 is 0 Å². The highest BCUT2D eigenvalue weighted by atomic mass is 16.2. The van der Waals surface area contributed by atoms with Crippen molar-refractivity contribution >= 4 is 29.1 Å². The van der Waals surface area contributed by atoms with Crippen molar-refractivity contribution in [3.63, 3.8) is 0 Å². The van der Waals surface area contributed by atoms with E-state index in [1.165, 1.54) is 0 Å². The van der Waals surface area contributed by atoms with Gasteiger partial charge in [-0.2, -0.15) is 0 Å². The number of benzene rings is 2. The molecule has 6 heteroatoms. The quantitative estimate of drug-likeness (QED) is 0.796. The first-order chi connectivity index (χ1) is 12.4. The summed E-state index contributed by atoms with van der Waals surface area (Å²) in [5, 5.41) is 8.54. The summed E-state index contributed by atoms with van der Waals surface area (Å²) in [7, 11) is 0. The molecule has 1 aliphatic heterocycles. The van der Waals surface area contributed by atoms with E-state index in [-0.39, 0.29) is 24.2 Å². The Kier molecular flexibility index (Phi) is 5.02. The molecule has 2 amide bonds. The lowest BCUT2D eigenvalue weighted by molar-refractivity contribution is -0.124. The molecule has 0 unspecified atom stereocenters. The normalized spacial score (nSPS) is 16.5. The van der Waals surface area contributed by atoms with Gasteiger partial charge >= 0.3 is 0 Å². The van der Waals surface area contributed by atoms with Crippen molar-refractivity contribution in [2.45, 2.75) is 33.2 Å². The smallest absolute Gasteiger partial charge is 0.249 e. The molecular weight excluding hydrogens is 328 g/mol. The van der Waals surface area contributed by atoms with Gasteiger partial charge in [-0.05, 0) is 56.2 Å². The summed E-state index contributed by atoms with van der Waals surface area (Å²) >= 11 is 0. The Labute approximate surface area is 152 Å². The molecule has 0 radical (unpaired) electrons. The Morgan fingerprint density at radius 1 is 1.04 bits per heavy atom. The van der Waals surface area contributed by atoms with Crippen LogP contribution in [0.4, 0.5) is 11.4 Å². The number of carbonyl (C=O) groups excluding carboxylic acids is 2. The van der Waals surface area contributed by atoms with Gasteiger partial charge in [-0.15, -0.1) is 0 Å². The fourth-order valence-electron chi connectivity index (χ4n) is 2.63. The van der Waals surface area contributed by atoms with Gasteiger partial charge in [0.15, 0.2) is 0 Å². The monoisotopic (exact) mass is 350 g/mol. The molecule has 1 heterocycles. The molecule has 26 heavy (non-hydrogen) atoms. The molecule has 2 aromatic carbocycles. The second-order valence-corrected chi connectivity index (χ2v) is 6.53. The zero-order chi connectivity index (χ0) is 18.7. The van der Waals surface area contributed by atoms with Crippen LogP contribution in [0.25, 0.3) is 0 Å². The summed E-state index contributed by atoms with van der Waals surface area (Å²) in [5.41, 5.74) is 4.88. The minimum Gasteiger partial charge on any atom is -0.326 e. The molecule has 6 nitrogen and oxygen atoms in total. The van der Waals surface area contributed by atoms with E-state index in [2.05, 4.69) is 20.9 Å². The Morgan fingerprint density at radius 2 is 1.73 bits per heavy atom. The zero-order valence-corrected chi connectivity index (χ0v) is 15.1. The summed E-state index contributed by atoms with van der Waals surface area (Å²) in [4.78, 5) is 28.8. The van der Waals surface area contributed by atoms with Crippen molar-refractivity contribution in [1.29, 1.82) is 0 Å². The SMILES string of the molecule is Cc1ccc(NC2=N[C@H](C(=O)Nc3ccc(C)c(C)c3)CC(=O)N2)cc1. The highest BCUT2D eigenvalue weighted by molar-refractivity contribution is 6.10. The van der Waals surface area contributed by atoms with E-state index in [9.17, 15) is 9.59 Å². The molecule has 3 N–H and O–H groups in total. The van der Waals surface area contributed by atoms with Crippen LogP contribution in [0.1, 0.15) is 23.1 Å². The average molecular weight is 350 g/mol. The number of hydrogen-bond donors (Lipinski definition) is 3. The van der Waals surface area contributed by atoms with Gasteiger partial charge in [-0.25, -0.2) is 4.99 Å². The third-order valence-electron chi connectivity index (χ3n) is 4.31. The third-order valence-corrected chi connectivity index (χ3v) is 4.31. The van der Waals surface area contributed by atoms with E-state index in [0.717, 1.165) is 22.4 Å². The van der Waals surface area contributed by atoms with Crippen LogP contribution < -0.4 is 16.0 Å². The number of aliphatic imine (C=N–C) groups is 1. The van der Waals surface area contributed by atoms with Gasteiger partial charge in [0.2, 0.25) is 17.8 Å². The van der Waals surface area contributed by atoms with Gasteiger partial charge in [0.25, 0.3) is 0 Å². The molecular formula is C20H22N4O2. The molecule has 3 rings (SSSR count). The molecule has 1 atom stereocenters. The fraction of sp³-hybridized carbons (Fsp3) is 0.250. The van der Waals surface area contributed by atoms with Crippen LogP contribution in [0.2, 0.25) is 0 Å². The number of nitrogens with zero attached hydrogens (tertiary/aromatic N) is 1. The summed E-state index contributed by atoms with van der Waals surface area (Å²) in [6, 6.07) is 12.6. The topological polar surface area (TPSA) is 82.6 Å². The molecule has 0 aromatic heterocycles. The van der Waals surface area contributed by atoms with Gasteiger partial charge < -0.3 is 10.6 Å². The fourth-order valence-corrected chi connectivity index (χ4v) is 2.63. The van der Waals surface area contributed by atoms with E-state index in [1.54, 1.807) is 0 Å². The predicted octanol–water partition coefficient (Wildman–Crippen LogP) is 2.91. The first-order valence-electron chi connectivity index (χ1n) is 8.50. The third kappa shape index (κ3) is 4.27. The maximum atomic E-state index is 12.5. The molecule has 0 spiro atoms. The van der Waals surface area contributed by atoms with Crippen molar-refractivity contribution in [3.8, 4) is 0 Å². The van der Waals surface area contributed by atoms with Crippen LogP contribution >= 0.6 is 0 Å². The molecule has 0 aliphatic carbocycles. The van der Waals surface area contributed by atoms with Crippen LogP contribution in [0.5, 0.6) is 0 Å². The summed E-state index contributed by atoms with van der Waals surface area (Å²) in [5.74, 6) is -0.258. The minimum atomic E-state index is -0.765. The predicted molar refractivity (Wildman–Crippen MR) is 103 cm³/mol. The van der Waals surface area contributed by atoms with Crippen molar-refractivity contribution in [1.82, 2.24) is 5.32 Å². The standard InChI is InChI=1S/C20H22N4O2/c1-12-4-7-15(8-5-12)22-20-23-17(11-18(25)24-20)19(26)21-16-9-6-13(2)14(3)10-16/h4-10,17H,11H2,1-3H3,(H,21,26)(H2,22,23,24,25)/t17-/m0/s1. The van der Waals surface area contributed by atoms with Crippen LogP contribution in [0, 0.1) is 20.8 Å². The summed E-state index contributed by atoms with van der Waals surface area (Å²) in [6.45, 7) is 6.00. The van der Waals surface area contributed by atoms with Crippen molar-refractivity contribution in [2.24, 2.45) is 4.99 Å². The number of guanidine groups is 1.